The lowest BCUT2D eigenvalue weighted by Crippen LogP contribution is -3.00. The van der Waals surface area contributed by atoms with Crippen molar-refractivity contribution in [1.82, 2.24) is 0 Å². The SMILES string of the molecule is CC(=O)O[C@H]1C[N+]2(CC(=O)c3ccccc3)CCC1CC2.CC1CCCN1c1ccccc1.[Cl-]. The first-order valence-corrected chi connectivity index (χ1v) is 12.4. The maximum absolute atomic E-state index is 12.5. The van der Waals surface area contributed by atoms with E-state index in [1.165, 1.54) is 32.0 Å². The van der Waals surface area contributed by atoms with Crippen molar-refractivity contribution in [1.29, 1.82) is 0 Å². The molecule has 4 saturated heterocycles. The number of para-hydroxylation sites is 1. The quantitative estimate of drug-likeness (QED) is 0.368. The zero-order chi connectivity index (χ0) is 23.3. The Balaban J connectivity index is 0.000000212. The number of fused-ring (bicyclic) bond motifs is 3. The summed E-state index contributed by atoms with van der Waals surface area (Å²) in [6.45, 7) is 8.38. The number of ketones is 1. The van der Waals surface area contributed by atoms with Crippen LogP contribution in [0.4, 0.5) is 5.69 Å². The third kappa shape index (κ3) is 6.39. The lowest BCUT2D eigenvalue weighted by Gasteiger charge is -2.51. The van der Waals surface area contributed by atoms with Gasteiger partial charge in [-0.15, -0.1) is 0 Å². The normalized spacial score (nSPS) is 27.2. The summed E-state index contributed by atoms with van der Waals surface area (Å²) >= 11 is 0. The van der Waals surface area contributed by atoms with E-state index in [-0.39, 0.29) is 30.3 Å². The lowest BCUT2D eigenvalue weighted by molar-refractivity contribution is -0.938. The van der Waals surface area contributed by atoms with E-state index >= 15 is 0 Å². The van der Waals surface area contributed by atoms with Crippen LogP contribution in [-0.2, 0) is 9.53 Å². The number of halogens is 1. The number of hydrogen-bond donors (Lipinski definition) is 0. The average Bonchev–Trinajstić information content (AvgIpc) is 3.26. The molecule has 0 radical (unpaired) electrons. The van der Waals surface area contributed by atoms with Gasteiger partial charge in [-0.2, -0.15) is 0 Å². The van der Waals surface area contributed by atoms with Gasteiger partial charge in [0.2, 0.25) is 5.78 Å². The third-order valence-corrected chi connectivity index (χ3v) is 7.57. The molecule has 2 bridgehead atoms. The molecule has 4 heterocycles. The van der Waals surface area contributed by atoms with Crippen LogP contribution >= 0.6 is 0 Å². The lowest BCUT2D eigenvalue weighted by atomic mass is 9.83. The van der Waals surface area contributed by atoms with Gasteiger partial charge in [0.05, 0.1) is 13.1 Å². The van der Waals surface area contributed by atoms with Gasteiger partial charge in [0.1, 0.15) is 13.1 Å². The second kappa shape index (κ2) is 11.9. The Bertz CT molecular complexity index is 929. The highest BCUT2D eigenvalue weighted by molar-refractivity contribution is 5.96. The van der Waals surface area contributed by atoms with Crippen LogP contribution in [0.2, 0.25) is 0 Å². The molecule has 0 spiro atoms. The molecule has 0 saturated carbocycles. The number of carbonyl (C=O) groups is 2. The van der Waals surface area contributed by atoms with E-state index in [4.69, 9.17) is 4.74 Å². The van der Waals surface area contributed by atoms with Crippen LogP contribution in [0.5, 0.6) is 0 Å². The Morgan fingerprint density at radius 1 is 0.971 bits per heavy atom. The molecule has 6 rings (SSSR count). The smallest absolute Gasteiger partial charge is 0.303 e. The van der Waals surface area contributed by atoms with E-state index in [0.717, 1.165) is 48.6 Å². The summed E-state index contributed by atoms with van der Waals surface area (Å²) in [5, 5.41) is 0. The Morgan fingerprint density at radius 2 is 1.59 bits per heavy atom. The predicted molar refractivity (Wildman–Crippen MR) is 131 cm³/mol. The summed E-state index contributed by atoms with van der Waals surface area (Å²) in [5.41, 5.74) is 2.16. The van der Waals surface area contributed by atoms with E-state index in [1.54, 1.807) is 0 Å². The largest absolute Gasteiger partial charge is 1.00 e. The fourth-order valence-corrected chi connectivity index (χ4v) is 5.75. The number of quaternary nitrogens is 1. The van der Waals surface area contributed by atoms with Gasteiger partial charge in [-0.1, -0.05) is 48.5 Å². The van der Waals surface area contributed by atoms with Crippen molar-refractivity contribution in [3.8, 4) is 0 Å². The Labute approximate surface area is 210 Å². The molecule has 6 heteroatoms. The first-order valence-electron chi connectivity index (χ1n) is 12.4. The molecule has 2 atom stereocenters. The highest BCUT2D eigenvalue weighted by atomic mass is 35.5. The minimum absolute atomic E-state index is 0. The van der Waals surface area contributed by atoms with Gasteiger partial charge in [0.15, 0.2) is 6.10 Å². The Kier molecular flexibility index (Phi) is 9.15. The van der Waals surface area contributed by atoms with Crippen LogP contribution in [-0.4, -0.2) is 61.1 Å². The fraction of sp³-hybridized carbons (Fsp3) is 0.500. The van der Waals surface area contributed by atoms with Gasteiger partial charge in [0.25, 0.3) is 0 Å². The van der Waals surface area contributed by atoms with Gasteiger partial charge in [-0.3, -0.25) is 9.59 Å². The average molecular weight is 485 g/mol. The summed E-state index contributed by atoms with van der Waals surface area (Å²) in [7, 11) is 0. The Hall–Kier alpha value is -2.37. The molecule has 0 amide bonds. The summed E-state index contributed by atoms with van der Waals surface area (Å²) in [5.74, 6) is 0.472. The van der Waals surface area contributed by atoms with E-state index in [0.29, 0.717) is 12.5 Å². The fourth-order valence-electron chi connectivity index (χ4n) is 5.75. The molecule has 1 unspecified atom stereocenters. The van der Waals surface area contributed by atoms with Gasteiger partial charge >= 0.3 is 5.97 Å². The van der Waals surface area contributed by atoms with Crippen molar-refractivity contribution < 1.29 is 31.2 Å². The van der Waals surface area contributed by atoms with Crippen LogP contribution in [0, 0.1) is 5.92 Å². The number of piperidine rings is 3. The summed E-state index contributed by atoms with van der Waals surface area (Å²) < 4.78 is 6.25. The Morgan fingerprint density at radius 3 is 2.15 bits per heavy atom. The second-order valence-corrected chi connectivity index (χ2v) is 9.92. The predicted octanol–water partition coefficient (Wildman–Crippen LogP) is 1.72. The summed E-state index contributed by atoms with van der Waals surface area (Å²) in [4.78, 5) is 26.2. The van der Waals surface area contributed by atoms with Crippen molar-refractivity contribution in [2.45, 2.75) is 51.7 Å². The third-order valence-electron chi connectivity index (χ3n) is 7.57. The maximum atomic E-state index is 12.5. The van der Waals surface area contributed by atoms with Crippen molar-refractivity contribution >= 4 is 17.4 Å². The van der Waals surface area contributed by atoms with Gasteiger partial charge < -0.3 is 26.5 Å². The number of carbonyl (C=O) groups excluding carboxylic acids is 2. The van der Waals surface area contributed by atoms with Crippen molar-refractivity contribution in [2.75, 3.05) is 37.6 Å². The minimum Gasteiger partial charge on any atom is -1.00 e. The molecule has 4 aliphatic rings. The van der Waals surface area contributed by atoms with Crippen LogP contribution in [0.25, 0.3) is 0 Å². The first kappa shape index (κ1) is 26.2. The molecule has 5 nitrogen and oxygen atoms in total. The number of esters is 1. The van der Waals surface area contributed by atoms with Crippen LogP contribution in [0.3, 0.4) is 0 Å². The number of benzene rings is 2. The van der Waals surface area contributed by atoms with E-state index in [1.807, 2.05) is 30.3 Å². The summed E-state index contributed by atoms with van der Waals surface area (Å²) in [6, 6.07) is 20.9. The van der Waals surface area contributed by atoms with Gasteiger partial charge in [0, 0.05) is 49.5 Å². The van der Waals surface area contributed by atoms with Crippen LogP contribution in [0.15, 0.2) is 60.7 Å². The highest BCUT2D eigenvalue weighted by Gasteiger charge is 2.48. The van der Waals surface area contributed by atoms with Crippen molar-refractivity contribution in [2.24, 2.45) is 5.92 Å². The molecule has 34 heavy (non-hydrogen) atoms. The van der Waals surface area contributed by atoms with Gasteiger partial charge in [-0.05, 0) is 31.9 Å². The molecule has 4 fully saturated rings. The topological polar surface area (TPSA) is 46.6 Å². The maximum Gasteiger partial charge on any atom is 0.303 e. The molecule has 184 valence electrons. The monoisotopic (exact) mass is 484 g/mol. The van der Waals surface area contributed by atoms with Crippen LogP contribution in [0.1, 0.15) is 49.9 Å². The number of rotatable bonds is 5. The molecule has 2 aromatic carbocycles. The van der Waals surface area contributed by atoms with Crippen molar-refractivity contribution in [3.63, 3.8) is 0 Å². The first-order chi connectivity index (χ1) is 16.0. The van der Waals surface area contributed by atoms with Gasteiger partial charge in [-0.25, -0.2) is 0 Å². The minimum atomic E-state index is -0.207. The second-order valence-electron chi connectivity index (χ2n) is 9.92. The number of ether oxygens (including phenoxy) is 1. The zero-order valence-electron chi connectivity index (χ0n) is 20.4. The molecule has 0 aromatic heterocycles. The van der Waals surface area contributed by atoms with Crippen LogP contribution < -0.4 is 17.3 Å². The standard InChI is InChI=1S/C17H22NO3.C11H15N.ClH/c1-13(19)21-17-12-18(9-7-15(17)8-10-18)11-16(20)14-5-3-2-4-6-14;1-10-6-5-9-12(10)11-7-3-2-4-8-11;/h2-6,15,17H,7-12H2,1H3;2-4,7-8,10H,5-6,9H2,1H3;1H/q+1;;/p-1/t15?,17-,18?;;/m0../s1. The molecule has 2 aromatic rings. The van der Waals surface area contributed by atoms with E-state index < -0.39 is 0 Å². The number of hydrogen-bond acceptors (Lipinski definition) is 4. The highest BCUT2D eigenvalue weighted by Crippen LogP contribution is 2.35. The van der Waals surface area contributed by atoms with Crippen molar-refractivity contribution in [3.05, 3.63) is 66.2 Å². The molecule has 4 aliphatic heterocycles. The van der Waals surface area contributed by atoms with E-state index in [2.05, 4.69) is 42.2 Å². The molecular formula is C28H37ClN2O3. The molecule has 0 N–H and O–H groups in total. The zero-order valence-corrected chi connectivity index (χ0v) is 21.1. The number of Topliss-reactive ketones (excluding diaryl/α,β-unsaturated/α-hetero) is 1. The number of nitrogens with zero attached hydrogens (tertiary/aromatic N) is 2. The summed E-state index contributed by atoms with van der Waals surface area (Å²) in [6.07, 6.45) is 4.79. The molecule has 0 aliphatic carbocycles. The molecular weight excluding hydrogens is 448 g/mol. The number of anilines is 1. The van der Waals surface area contributed by atoms with E-state index in [9.17, 15) is 9.59 Å².